The summed E-state index contributed by atoms with van der Waals surface area (Å²) >= 11 is 0. The van der Waals surface area contributed by atoms with Crippen molar-refractivity contribution in [2.24, 2.45) is 0 Å². The van der Waals surface area contributed by atoms with Gasteiger partial charge >= 0.3 is 0 Å². The molecule has 2 aliphatic rings. The van der Waals surface area contributed by atoms with E-state index in [1.165, 1.54) is 11.3 Å². The largest absolute Gasteiger partial charge is 0.369 e. The van der Waals surface area contributed by atoms with Crippen LogP contribution in [-0.4, -0.2) is 47.4 Å². The Morgan fingerprint density at radius 1 is 1.23 bits per heavy atom. The monoisotopic (exact) mass is 470 g/mol. The molecule has 2 aromatic rings. The van der Waals surface area contributed by atoms with Crippen LogP contribution < -0.4 is 4.90 Å². The molecule has 5 nitrogen and oxygen atoms in total. The van der Waals surface area contributed by atoms with Crippen molar-refractivity contribution in [3.05, 3.63) is 63.5 Å². The second-order valence-corrected chi connectivity index (χ2v) is 11.3. The molecule has 0 saturated carbocycles. The highest BCUT2D eigenvalue weighted by Crippen LogP contribution is 2.45. The number of carbonyl (C=O) groups is 1. The van der Waals surface area contributed by atoms with Crippen LogP contribution in [0.15, 0.2) is 24.3 Å². The lowest BCUT2D eigenvalue weighted by molar-refractivity contribution is 0.103. The quantitative estimate of drug-likeness (QED) is 0.562. The van der Waals surface area contributed by atoms with Crippen molar-refractivity contribution < 1.29 is 4.79 Å². The van der Waals surface area contributed by atoms with Crippen molar-refractivity contribution in [3.8, 4) is 6.07 Å². The van der Waals surface area contributed by atoms with Crippen LogP contribution in [0, 0.1) is 11.3 Å². The maximum atomic E-state index is 13.9. The fourth-order valence-electron chi connectivity index (χ4n) is 5.62. The van der Waals surface area contributed by atoms with Crippen LogP contribution in [0.4, 0.5) is 5.69 Å². The van der Waals surface area contributed by atoms with Gasteiger partial charge in [-0.3, -0.25) is 9.69 Å². The number of allylic oxidation sites excluding steroid dienone is 1. The fourth-order valence-corrected chi connectivity index (χ4v) is 5.62. The van der Waals surface area contributed by atoms with E-state index in [0.29, 0.717) is 11.1 Å². The summed E-state index contributed by atoms with van der Waals surface area (Å²) in [7, 11) is 0. The molecule has 0 radical (unpaired) electrons. The lowest BCUT2D eigenvalue weighted by Crippen LogP contribution is -2.53. The molecule has 1 aliphatic carbocycles. The van der Waals surface area contributed by atoms with Crippen molar-refractivity contribution in [1.82, 2.24) is 9.88 Å². The van der Waals surface area contributed by atoms with E-state index in [1.54, 1.807) is 19.1 Å². The topological polar surface area (TPSA) is 63.1 Å². The smallest absolute Gasteiger partial charge is 0.195 e. The number of nitrogens with zero attached hydrogens (tertiary/aromatic N) is 3. The van der Waals surface area contributed by atoms with Crippen molar-refractivity contribution in [1.29, 1.82) is 5.26 Å². The average molecular weight is 471 g/mol. The number of fused-ring (bicyclic) bond motifs is 2. The van der Waals surface area contributed by atoms with E-state index in [1.807, 2.05) is 0 Å². The minimum Gasteiger partial charge on any atom is -0.369 e. The van der Waals surface area contributed by atoms with Gasteiger partial charge in [0, 0.05) is 70.9 Å². The minimum atomic E-state index is -0.392. The van der Waals surface area contributed by atoms with Crippen LogP contribution in [0.3, 0.4) is 0 Å². The molecule has 0 atom stereocenters. The summed E-state index contributed by atoms with van der Waals surface area (Å²) in [4.78, 5) is 22.4. The molecule has 0 bridgehead atoms. The molecule has 0 amide bonds. The van der Waals surface area contributed by atoms with E-state index in [9.17, 15) is 10.1 Å². The van der Waals surface area contributed by atoms with Crippen LogP contribution in [0.25, 0.3) is 12.2 Å². The number of aromatic amines is 1. The fraction of sp³-hybridized carbons (Fsp3) is 0.467. The molecule has 1 aromatic carbocycles. The Kier molecular flexibility index (Phi) is 6.32. The third-order valence-corrected chi connectivity index (χ3v) is 7.75. The molecule has 0 spiro atoms. The van der Waals surface area contributed by atoms with Crippen LogP contribution in [0.1, 0.15) is 92.5 Å². The highest BCUT2D eigenvalue weighted by Gasteiger charge is 2.41. The first-order valence-corrected chi connectivity index (χ1v) is 12.6. The number of nitriles is 1. The zero-order valence-electron chi connectivity index (χ0n) is 22.3. The lowest BCUT2D eigenvalue weighted by Gasteiger charge is -2.44. The molecule has 4 rings (SSSR count). The summed E-state index contributed by atoms with van der Waals surface area (Å²) in [5.74, 6) is 0.0357. The summed E-state index contributed by atoms with van der Waals surface area (Å²) < 4.78 is 0. The van der Waals surface area contributed by atoms with Crippen LogP contribution in [0.2, 0.25) is 0 Å². The predicted molar refractivity (Wildman–Crippen MR) is 145 cm³/mol. The summed E-state index contributed by atoms with van der Waals surface area (Å²) in [6.45, 7) is 23.1. The first-order chi connectivity index (χ1) is 16.4. The predicted octanol–water partition coefficient (Wildman–Crippen LogP) is 5.94. The number of nitrogens with one attached hydrogen (secondary N) is 1. The first kappa shape index (κ1) is 25.0. The van der Waals surface area contributed by atoms with E-state index in [-0.39, 0.29) is 11.3 Å². The van der Waals surface area contributed by atoms with Gasteiger partial charge in [0.25, 0.3) is 0 Å². The normalized spacial score (nSPS) is 18.2. The number of carbonyl (C=O) groups excluding carboxylic acids is 1. The van der Waals surface area contributed by atoms with E-state index in [2.05, 4.69) is 81.1 Å². The molecular formula is C30H38N4O. The summed E-state index contributed by atoms with van der Waals surface area (Å²) in [5, 5.41) is 9.30. The molecule has 5 heteroatoms. The van der Waals surface area contributed by atoms with Crippen LogP contribution >= 0.6 is 0 Å². The second-order valence-electron chi connectivity index (χ2n) is 11.3. The summed E-state index contributed by atoms with van der Waals surface area (Å²) in [5.41, 5.74) is 7.81. The average Bonchev–Trinajstić information content (AvgIpc) is 3.20. The van der Waals surface area contributed by atoms with Gasteiger partial charge in [0.2, 0.25) is 0 Å². The van der Waals surface area contributed by atoms with Gasteiger partial charge in [0.05, 0.1) is 11.6 Å². The Balaban J connectivity index is 1.82. The molecule has 2 heterocycles. The second kappa shape index (κ2) is 8.84. The number of rotatable bonds is 4. The summed E-state index contributed by atoms with van der Waals surface area (Å²) in [6, 6.07) is 6.58. The number of ketones is 1. The third-order valence-electron chi connectivity index (χ3n) is 7.75. The number of anilines is 1. The van der Waals surface area contributed by atoms with Crippen molar-refractivity contribution >= 4 is 23.6 Å². The molecule has 1 N–H and O–H groups in total. The van der Waals surface area contributed by atoms with Gasteiger partial charge in [-0.1, -0.05) is 33.4 Å². The first-order valence-electron chi connectivity index (χ1n) is 12.6. The van der Waals surface area contributed by atoms with Gasteiger partial charge in [-0.2, -0.15) is 5.26 Å². The zero-order valence-corrected chi connectivity index (χ0v) is 22.3. The SMILES string of the molecule is C=Cc1c(/C=C(\C)C#N)[nH]c2c1C(=O)c1cc(CC)c(N3CCN(C(C)(C)C)CC3)cc1C2(C)C. The van der Waals surface area contributed by atoms with Crippen LogP contribution in [-0.2, 0) is 11.8 Å². The van der Waals surface area contributed by atoms with E-state index in [4.69, 9.17) is 0 Å². The molecular weight excluding hydrogens is 432 g/mol. The molecule has 35 heavy (non-hydrogen) atoms. The highest BCUT2D eigenvalue weighted by atomic mass is 16.1. The maximum absolute atomic E-state index is 13.9. The summed E-state index contributed by atoms with van der Waals surface area (Å²) in [6.07, 6.45) is 4.41. The highest BCUT2D eigenvalue weighted by molar-refractivity contribution is 6.16. The molecule has 184 valence electrons. The molecule has 0 unspecified atom stereocenters. The van der Waals surface area contributed by atoms with Gasteiger partial charge < -0.3 is 9.88 Å². The van der Waals surface area contributed by atoms with Gasteiger partial charge in [-0.25, -0.2) is 0 Å². The van der Waals surface area contributed by atoms with E-state index < -0.39 is 5.41 Å². The number of hydrogen-bond donors (Lipinski definition) is 1. The Morgan fingerprint density at radius 3 is 2.43 bits per heavy atom. The van der Waals surface area contributed by atoms with Gasteiger partial charge in [0.1, 0.15) is 0 Å². The molecule has 1 saturated heterocycles. The van der Waals surface area contributed by atoms with Gasteiger partial charge in [-0.15, -0.1) is 0 Å². The molecule has 1 aliphatic heterocycles. The Morgan fingerprint density at radius 2 is 1.89 bits per heavy atom. The number of H-pyrrole nitrogens is 1. The Hall–Kier alpha value is -3.10. The molecule has 1 fully saturated rings. The number of piperazine rings is 1. The van der Waals surface area contributed by atoms with Crippen molar-refractivity contribution in [3.63, 3.8) is 0 Å². The van der Waals surface area contributed by atoms with Crippen molar-refractivity contribution in [2.45, 2.75) is 65.8 Å². The third kappa shape index (κ3) is 4.15. The minimum absolute atomic E-state index is 0.0357. The van der Waals surface area contributed by atoms with Gasteiger partial charge in [-0.05, 0) is 63.5 Å². The number of aryl methyl sites for hydroxylation is 1. The standard InChI is InChI=1S/C30H38N4O/c1-9-20-16-22-23(17-25(20)33-11-13-34(14-12-33)29(4,5)6)30(7,8)28-26(27(22)35)21(10-2)24(32-28)15-19(3)18-31/h10,15-17,32H,2,9,11-14H2,1,3-8H3/b19-15+. The van der Waals surface area contributed by atoms with E-state index in [0.717, 1.165) is 60.7 Å². The van der Waals surface area contributed by atoms with Crippen LogP contribution in [0.5, 0.6) is 0 Å². The zero-order chi connectivity index (χ0) is 25.7. The number of hydrogen-bond acceptors (Lipinski definition) is 4. The Bertz CT molecular complexity index is 1250. The van der Waals surface area contributed by atoms with Gasteiger partial charge in [0.15, 0.2) is 5.78 Å². The van der Waals surface area contributed by atoms with Crippen molar-refractivity contribution in [2.75, 3.05) is 31.1 Å². The Labute approximate surface area is 210 Å². The lowest BCUT2D eigenvalue weighted by atomic mass is 9.70. The number of benzene rings is 1. The molecule has 1 aromatic heterocycles. The van der Waals surface area contributed by atoms with E-state index >= 15 is 0 Å². The number of aromatic nitrogens is 1. The maximum Gasteiger partial charge on any atom is 0.195 e.